The van der Waals surface area contributed by atoms with Crippen LogP contribution in [0.1, 0.15) is 124 Å². The van der Waals surface area contributed by atoms with Gasteiger partial charge in [0.2, 0.25) is 0 Å². The van der Waals surface area contributed by atoms with E-state index in [0.717, 1.165) is 94.0 Å². The topological polar surface area (TPSA) is 50.4 Å². The quantitative estimate of drug-likeness (QED) is 0.112. The number of nitrogens with one attached hydrogen (secondary N) is 2. The van der Waals surface area contributed by atoms with Gasteiger partial charge in [0.15, 0.2) is 0 Å². The molecule has 1 aliphatic carbocycles. The highest BCUT2D eigenvalue weighted by molar-refractivity contribution is 5.67. The number of alkyl carbamates (subject to hydrolysis) is 1. The average molecular weight is 541 g/mol. The van der Waals surface area contributed by atoms with Crippen molar-refractivity contribution in [2.24, 2.45) is 10.8 Å². The summed E-state index contributed by atoms with van der Waals surface area (Å²) in [6.45, 7) is 29.9. The third kappa shape index (κ3) is 15.8. The number of hydrogen-bond donors (Lipinski definition) is 2. The summed E-state index contributed by atoms with van der Waals surface area (Å²) in [4.78, 5) is 13.1. The van der Waals surface area contributed by atoms with Crippen LogP contribution in [-0.2, 0) is 4.74 Å². The predicted molar refractivity (Wildman–Crippen MR) is 170 cm³/mol. The minimum absolute atomic E-state index is 0.0696. The maximum Gasteiger partial charge on any atom is 0.407 e. The van der Waals surface area contributed by atoms with Gasteiger partial charge in [-0.3, -0.25) is 0 Å². The first kappa shape index (κ1) is 34.8. The van der Waals surface area contributed by atoms with E-state index < -0.39 is 0 Å². The van der Waals surface area contributed by atoms with Crippen LogP contribution in [0.5, 0.6) is 0 Å². The van der Waals surface area contributed by atoms with E-state index in [9.17, 15) is 4.79 Å². The Kier molecular flexibility index (Phi) is 16.2. The van der Waals surface area contributed by atoms with Gasteiger partial charge in [-0.1, -0.05) is 110 Å². The first-order chi connectivity index (χ1) is 18.4. The van der Waals surface area contributed by atoms with Gasteiger partial charge in [0, 0.05) is 18.3 Å². The molecule has 222 valence electrons. The number of unbranched alkanes of at least 4 members (excludes halogenated alkanes) is 5. The lowest BCUT2D eigenvalue weighted by atomic mass is 9.62. The minimum atomic E-state index is -0.277. The molecule has 1 saturated carbocycles. The lowest BCUT2D eigenvalue weighted by Gasteiger charge is -2.47. The van der Waals surface area contributed by atoms with E-state index in [1.807, 2.05) is 6.08 Å². The first-order valence-corrected chi connectivity index (χ1v) is 15.4. The fourth-order valence-electron chi connectivity index (χ4n) is 6.13. The predicted octanol–water partition coefficient (Wildman–Crippen LogP) is 9.95. The molecule has 1 fully saturated rings. The summed E-state index contributed by atoms with van der Waals surface area (Å²) in [6, 6.07) is 0.0968. The van der Waals surface area contributed by atoms with Crippen LogP contribution in [0.4, 0.5) is 4.79 Å². The van der Waals surface area contributed by atoms with Crippen molar-refractivity contribution in [3.8, 4) is 0 Å². The lowest BCUT2D eigenvalue weighted by molar-refractivity contribution is 0.0532. The van der Waals surface area contributed by atoms with E-state index in [4.69, 9.17) is 4.74 Å². The van der Waals surface area contributed by atoms with Gasteiger partial charge in [0.05, 0.1) is 0 Å². The number of amides is 1. The Morgan fingerprint density at radius 2 is 1.54 bits per heavy atom. The smallest absolute Gasteiger partial charge is 0.407 e. The molecule has 0 aliphatic heterocycles. The number of carbonyl (C=O) groups is 1. The number of rotatable bonds is 21. The summed E-state index contributed by atoms with van der Waals surface area (Å²) in [5.41, 5.74) is 3.40. The molecular formula is C35H60N2O2. The van der Waals surface area contributed by atoms with Crippen molar-refractivity contribution in [3.63, 3.8) is 0 Å². The maximum atomic E-state index is 13.1. The van der Waals surface area contributed by atoms with Gasteiger partial charge in [-0.2, -0.15) is 0 Å². The van der Waals surface area contributed by atoms with Crippen LogP contribution < -0.4 is 10.6 Å². The van der Waals surface area contributed by atoms with Gasteiger partial charge in [-0.05, 0) is 81.5 Å². The molecule has 0 radical (unpaired) electrons. The summed E-state index contributed by atoms with van der Waals surface area (Å²) in [5, 5.41) is 6.86. The van der Waals surface area contributed by atoms with E-state index in [1.54, 1.807) is 6.08 Å². The minimum Gasteiger partial charge on any atom is -0.446 e. The molecule has 0 aromatic rings. The van der Waals surface area contributed by atoms with Crippen LogP contribution in [0.3, 0.4) is 0 Å². The van der Waals surface area contributed by atoms with E-state index in [1.165, 1.54) is 25.7 Å². The van der Waals surface area contributed by atoms with Crippen LogP contribution in [-0.4, -0.2) is 24.8 Å². The zero-order valence-electron chi connectivity index (χ0n) is 26.0. The summed E-state index contributed by atoms with van der Waals surface area (Å²) in [5.74, 6) is 0. The molecule has 0 heterocycles. The fraction of sp³-hybridized carbons (Fsp3) is 0.686. The molecule has 2 N–H and O–H groups in total. The third-order valence-corrected chi connectivity index (χ3v) is 8.03. The summed E-state index contributed by atoms with van der Waals surface area (Å²) in [6.07, 6.45) is 19.0. The van der Waals surface area contributed by atoms with Crippen molar-refractivity contribution < 1.29 is 9.53 Å². The van der Waals surface area contributed by atoms with Gasteiger partial charge in [-0.15, -0.1) is 0 Å². The molecule has 4 nitrogen and oxygen atoms in total. The summed E-state index contributed by atoms with van der Waals surface area (Å²) < 4.78 is 6.00. The largest absolute Gasteiger partial charge is 0.446 e. The highest BCUT2D eigenvalue weighted by Crippen LogP contribution is 2.46. The Morgan fingerprint density at radius 3 is 2.21 bits per heavy atom. The summed E-state index contributed by atoms with van der Waals surface area (Å²) in [7, 11) is 0. The molecule has 0 bridgehead atoms. The van der Waals surface area contributed by atoms with Crippen LogP contribution in [0.15, 0.2) is 61.9 Å². The normalized spacial score (nSPS) is 20.9. The standard InChI is InChI=1S/C35H60N2O2/c1-10-13-14-15-16-21-32(23-22-29(5)12-3)39-33(38)37-31-24-34(7,8)26-35(9,25-31)27-36-30(6)20-18-17-19-28(4)11-2/h11-12,31-32,36H,2-6,10,13-27H2,1,7-9H3,(H,37,38). The third-order valence-electron chi connectivity index (χ3n) is 8.03. The molecule has 0 aromatic heterocycles. The van der Waals surface area contributed by atoms with Crippen molar-refractivity contribution >= 4 is 6.09 Å². The summed E-state index contributed by atoms with van der Waals surface area (Å²) >= 11 is 0. The average Bonchev–Trinajstić information content (AvgIpc) is 2.86. The number of allylic oxidation sites excluding steroid dienone is 5. The molecule has 1 rings (SSSR count). The molecule has 0 spiro atoms. The number of carbonyl (C=O) groups excluding carboxylic acids is 1. The molecule has 0 saturated heterocycles. The van der Waals surface area contributed by atoms with Gasteiger partial charge in [-0.25, -0.2) is 4.79 Å². The Balaban J connectivity index is 2.63. The molecular weight excluding hydrogens is 480 g/mol. The molecule has 1 aliphatic rings. The highest BCUT2D eigenvalue weighted by atomic mass is 16.6. The van der Waals surface area contributed by atoms with Crippen LogP contribution >= 0.6 is 0 Å². The molecule has 3 unspecified atom stereocenters. The van der Waals surface area contributed by atoms with Crippen LogP contribution in [0.2, 0.25) is 0 Å². The second kappa shape index (κ2) is 18.2. The van der Waals surface area contributed by atoms with Crippen molar-refractivity contribution in [2.75, 3.05) is 6.54 Å². The maximum absolute atomic E-state index is 13.1. The number of ether oxygens (including phenoxy) is 1. The Morgan fingerprint density at radius 1 is 0.897 bits per heavy atom. The van der Waals surface area contributed by atoms with Crippen LogP contribution in [0.25, 0.3) is 0 Å². The monoisotopic (exact) mass is 540 g/mol. The second-order valence-corrected chi connectivity index (χ2v) is 13.1. The molecule has 1 amide bonds. The van der Waals surface area contributed by atoms with Crippen molar-refractivity contribution in [1.29, 1.82) is 0 Å². The van der Waals surface area contributed by atoms with Crippen molar-refractivity contribution in [2.45, 2.75) is 136 Å². The Bertz CT molecular complexity index is 811. The van der Waals surface area contributed by atoms with Crippen molar-refractivity contribution in [1.82, 2.24) is 10.6 Å². The fourth-order valence-corrected chi connectivity index (χ4v) is 6.13. The van der Waals surface area contributed by atoms with Gasteiger partial charge >= 0.3 is 6.09 Å². The zero-order chi connectivity index (χ0) is 29.3. The molecule has 0 aromatic carbocycles. The SMILES string of the molecule is C=CC(=C)CCCCC(=C)NCC1(C)CC(NC(=O)OC(CCCCCCC)CCC(=C)C=C)CC(C)(C)C1. The molecule has 4 heteroatoms. The number of hydrogen-bond acceptors (Lipinski definition) is 3. The Hall–Kier alpha value is -2.23. The molecule has 39 heavy (non-hydrogen) atoms. The lowest BCUT2D eigenvalue weighted by Crippen LogP contribution is -2.50. The van der Waals surface area contributed by atoms with Crippen LogP contribution in [0, 0.1) is 10.8 Å². The Labute approximate surface area is 241 Å². The molecule has 3 atom stereocenters. The van der Waals surface area contributed by atoms with E-state index in [2.05, 4.69) is 71.2 Å². The highest BCUT2D eigenvalue weighted by Gasteiger charge is 2.42. The van der Waals surface area contributed by atoms with Gasteiger partial charge < -0.3 is 15.4 Å². The van der Waals surface area contributed by atoms with Gasteiger partial charge in [0.1, 0.15) is 6.10 Å². The van der Waals surface area contributed by atoms with E-state index in [0.29, 0.717) is 0 Å². The van der Waals surface area contributed by atoms with E-state index >= 15 is 0 Å². The zero-order valence-corrected chi connectivity index (χ0v) is 26.0. The van der Waals surface area contributed by atoms with E-state index in [-0.39, 0.29) is 29.1 Å². The van der Waals surface area contributed by atoms with Crippen molar-refractivity contribution in [3.05, 3.63) is 61.9 Å². The van der Waals surface area contributed by atoms with Gasteiger partial charge in [0.25, 0.3) is 0 Å². The first-order valence-electron chi connectivity index (χ1n) is 15.4. The second-order valence-electron chi connectivity index (χ2n) is 13.1.